The Balaban J connectivity index is 2.34. The summed E-state index contributed by atoms with van der Waals surface area (Å²) in [4.78, 5) is 15.0. The van der Waals surface area contributed by atoms with Crippen molar-refractivity contribution in [1.82, 2.24) is 9.55 Å². The number of anilines is 1. The van der Waals surface area contributed by atoms with Gasteiger partial charge in [0.1, 0.15) is 11.9 Å². The third-order valence-corrected chi connectivity index (χ3v) is 3.03. The zero-order valence-corrected chi connectivity index (χ0v) is 9.74. The van der Waals surface area contributed by atoms with E-state index in [2.05, 4.69) is 4.98 Å². The first-order valence-corrected chi connectivity index (χ1v) is 5.49. The molecule has 7 nitrogen and oxygen atoms in total. The fourth-order valence-electron chi connectivity index (χ4n) is 2.00. The second-order valence-electron chi connectivity index (χ2n) is 4.35. The van der Waals surface area contributed by atoms with E-state index in [0.29, 0.717) is 0 Å². The molecular formula is C10H13F2N3O4. The van der Waals surface area contributed by atoms with Crippen molar-refractivity contribution < 1.29 is 23.7 Å². The van der Waals surface area contributed by atoms with E-state index >= 15 is 0 Å². The summed E-state index contributed by atoms with van der Waals surface area (Å²) in [6.45, 7) is -0.963. The van der Waals surface area contributed by atoms with Crippen LogP contribution in [0.3, 0.4) is 0 Å². The third-order valence-electron chi connectivity index (χ3n) is 3.03. The van der Waals surface area contributed by atoms with E-state index in [-0.39, 0.29) is 5.82 Å². The zero-order chi connectivity index (χ0) is 14.2. The first-order valence-electron chi connectivity index (χ1n) is 5.49. The van der Waals surface area contributed by atoms with E-state index in [9.17, 15) is 18.7 Å². The molecule has 0 aliphatic carbocycles. The molecule has 9 heteroatoms. The van der Waals surface area contributed by atoms with Crippen molar-refractivity contribution >= 4 is 5.82 Å². The molecule has 1 saturated heterocycles. The number of aromatic nitrogens is 2. The third kappa shape index (κ3) is 2.31. The van der Waals surface area contributed by atoms with Gasteiger partial charge in [-0.1, -0.05) is 0 Å². The molecule has 0 aromatic carbocycles. The summed E-state index contributed by atoms with van der Waals surface area (Å²) < 4.78 is 31.7. The number of hydrogen-bond acceptors (Lipinski definition) is 6. The highest BCUT2D eigenvalue weighted by molar-refractivity contribution is 5.23. The molecule has 106 valence electrons. The van der Waals surface area contributed by atoms with Gasteiger partial charge in [0.2, 0.25) is 0 Å². The van der Waals surface area contributed by atoms with Crippen LogP contribution < -0.4 is 11.4 Å². The van der Waals surface area contributed by atoms with Crippen molar-refractivity contribution in [2.75, 3.05) is 12.3 Å². The first kappa shape index (κ1) is 13.8. The highest BCUT2D eigenvalue weighted by Crippen LogP contribution is 2.39. The van der Waals surface area contributed by atoms with Gasteiger partial charge in [0, 0.05) is 12.6 Å². The lowest BCUT2D eigenvalue weighted by molar-refractivity contribution is -0.173. The fraction of sp³-hybridized carbons (Fsp3) is 0.600. The van der Waals surface area contributed by atoms with Gasteiger partial charge < -0.3 is 20.7 Å². The minimum absolute atomic E-state index is 0.0315. The van der Waals surface area contributed by atoms with Gasteiger partial charge in [-0.15, -0.1) is 0 Å². The van der Waals surface area contributed by atoms with Crippen LogP contribution in [-0.4, -0.2) is 44.5 Å². The predicted molar refractivity (Wildman–Crippen MR) is 59.5 cm³/mol. The average molecular weight is 277 g/mol. The Morgan fingerprint density at radius 1 is 1.68 bits per heavy atom. The van der Waals surface area contributed by atoms with Crippen molar-refractivity contribution in [3.63, 3.8) is 0 Å². The molecule has 1 aromatic heterocycles. The van der Waals surface area contributed by atoms with Gasteiger partial charge >= 0.3 is 5.69 Å². The van der Waals surface area contributed by atoms with Gasteiger partial charge in [-0.3, -0.25) is 4.57 Å². The second-order valence-corrected chi connectivity index (χ2v) is 4.35. The molecule has 3 atom stereocenters. The summed E-state index contributed by atoms with van der Waals surface area (Å²) >= 11 is 0. The van der Waals surface area contributed by atoms with Gasteiger partial charge in [0.05, 0.1) is 6.61 Å². The summed E-state index contributed by atoms with van der Waals surface area (Å²) in [6.07, 6.45) is -4.97. The van der Waals surface area contributed by atoms with Crippen LogP contribution in [0.4, 0.5) is 14.6 Å². The summed E-state index contributed by atoms with van der Waals surface area (Å²) in [6, 6.07) is 1.28. The number of ether oxygens (including phenoxy) is 1. The number of alkyl halides is 2. The molecule has 0 saturated carbocycles. The number of rotatable bonds is 3. The molecular weight excluding hydrogens is 264 g/mol. The van der Waals surface area contributed by atoms with Gasteiger partial charge in [-0.2, -0.15) is 4.98 Å². The van der Waals surface area contributed by atoms with Crippen molar-refractivity contribution in [3.05, 3.63) is 22.7 Å². The van der Waals surface area contributed by atoms with Gasteiger partial charge in [0.15, 0.2) is 11.8 Å². The molecule has 3 unspecified atom stereocenters. The van der Waals surface area contributed by atoms with E-state index in [1.54, 1.807) is 0 Å². The van der Waals surface area contributed by atoms with Crippen molar-refractivity contribution in [1.29, 1.82) is 0 Å². The molecule has 0 amide bonds. The lowest BCUT2D eigenvalue weighted by Crippen LogP contribution is -2.41. The highest BCUT2D eigenvalue weighted by atomic mass is 19.3. The Morgan fingerprint density at radius 3 is 2.84 bits per heavy atom. The summed E-state index contributed by atoms with van der Waals surface area (Å²) in [7, 11) is 0. The van der Waals surface area contributed by atoms with Crippen LogP contribution in [0.5, 0.6) is 0 Å². The quantitative estimate of drug-likeness (QED) is 0.660. The summed E-state index contributed by atoms with van der Waals surface area (Å²) in [5, 5.41) is 18.8. The number of nitrogens with two attached hydrogens (primary N) is 1. The van der Waals surface area contributed by atoms with Crippen LogP contribution in [0.25, 0.3) is 0 Å². The van der Waals surface area contributed by atoms with E-state index in [1.165, 1.54) is 12.3 Å². The van der Waals surface area contributed by atoms with E-state index in [4.69, 9.17) is 15.6 Å². The summed E-state index contributed by atoms with van der Waals surface area (Å²) in [5.41, 5.74) is 2.30. The number of aliphatic hydroxyl groups is 2. The Kier molecular flexibility index (Phi) is 3.52. The van der Waals surface area contributed by atoms with Crippen molar-refractivity contribution in [2.45, 2.75) is 30.8 Å². The molecule has 1 fully saturated rings. The SMILES string of the molecule is Nc1ccn(C2OC(CO)(C(F)F)CC2O)c(=O)n1. The zero-order valence-electron chi connectivity index (χ0n) is 9.74. The fourth-order valence-corrected chi connectivity index (χ4v) is 2.00. The monoisotopic (exact) mass is 277 g/mol. The van der Waals surface area contributed by atoms with Crippen molar-refractivity contribution in [2.24, 2.45) is 0 Å². The molecule has 2 heterocycles. The van der Waals surface area contributed by atoms with Crippen LogP contribution >= 0.6 is 0 Å². The van der Waals surface area contributed by atoms with Crippen LogP contribution in [-0.2, 0) is 4.74 Å². The number of nitrogens with zero attached hydrogens (tertiary/aromatic N) is 2. The molecule has 1 aliphatic heterocycles. The smallest absolute Gasteiger partial charge is 0.351 e. The molecule has 1 aromatic rings. The largest absolute Gasteiger partial charge is 0.393 e. The Morgan fingerprint density at radius 2 is 2.37 bits per heavy atom. The van der Waals surface area contributed by atoms with E-state index in [0.717, 1.165) is 4.57 Å². The Bertz CT molecular complexity index is 524. The number of nitrogen functional groups attached to an aromatic ring is 1. The summed E-state index contributed by atoms with van der Waals surface area (Å²) in [5.74, 6) is -0.0315. The Labute approximate surface area is 106 Å². The number of halogens is 2. The topological polar surface area (TPSA) is 111 Å². The maximum Gasteiger partial charge on any atom is 0.351 e. The molecule has 0 spiro atoms. The van der Waals surface area contributed by atoms with Crippen molar-refractivity contribution in [3.8, 4) is 0 Å². The molecule has 19 heavy (non-hydrogen) atoms. The molecule has 4 N–H and O–H groups in total. The van der Waals surface area contributed by atoms with E-state index in [1.807, 2.05) is 0 Å². The molecule has 0 bridgehead atoms. The molecule has 2 rings (SSSR count). The van der Waals surface area contributed by atoms with Gasteiger partial charge in [0.25, 0.3) is 6.43 Å². The minimum atomic E-state index is -2.99. The average Bonchev–Trinajstić information content (AvgIpc) is 2.68. The number of hydrogen-bond donors (Lipinski definition) is 3. The lowest BCUT2D eigenvalue weighted by atomic mass is 10.0. The van der Waals surface area contributed by atoms with Crippen LogP contribution in [0.15, 0.2) is 17.1 Å². The van der Waals surface area contributed by atoms with E-state index < -0.39 is 43.1 Å². The normalized spacial score (nSPS) is 31.0. The number of aliphatic hydroxyl groups excluding tert-OH is 2. The molecule has 0 radical (unpaired) electrons. The highest BCUT2D eigenvalue weighted by Gasteiger charge is 2.52. The maximum atomic E-state index is 12.9. The first-order chi connectivity index (χ1) is 8.89. The maximum absolute atomic E-state index is 12.9. The second kappa shape index (κ2) is 4.83. The van der Waals surface area contributed by atoms with Gasteiger partial charge in [-0.25, -0.2) is 13.6 Å². The molecule has 1 aliphatic rings. The minimum Gasteiger partial charge on any atom is -0.393 e. The Hall–Kier alpha value is -1.58. The van der Waals surface area contributed by atoms with Gasteiger partial charge in [-0.05, 0) is 6.07 Å². The lowest BCUT2D eigenvalue weighted by Gasteiger charge is -2.25. The van der Waals surface area contributed by atoms with Crippen LogP contribution in [0.1, 0.15) is 12.6 Å². The van der Waals surface area contributed by atoms with Crippen LogP contribution in [0, 0.1) is 0 Å². The van der Waals surface area contributed by atoms with Crippen LogP contribution in [0.2, 0.25) is 0 Å². The standard InChI is InChI=1S/C10H13F2N3O4/c11-8(12)10(4-16)3-5(17)7(19-10)15-2-1-6(13)14-9(15)18/h1-2,5,7-8,16-17H,3-4H2,(H2,13,14,18). The predicted octanol–water partition coefficient (Wildman–Crippen LogP) is -0.898.